The van der Waals surface area contributed by atoms with E-state index in [-0.39, 0.29) is 12.0 Å². The zero-order valence-corrected chi connectivity index (χ0v) is 12.0. The van der Waals surface area contributed by atoms with Gasteiger partial charge in [0.25, 0.3) is 0 Å². The Bertz CT molecular complexity index is 635. The lowest BCUT2D eigenvalue weighted by molar-refractivity contribution is -0.143. The van der Waals surface area contributed by atoms with Gasteiger partial charge in [-0.2, -0.15) is 0 Å². The van der Waals surface area contributed by atoms with Gasteiger partial charge in [0.2, 0.25) is 0 Å². The van der Waals surface area contributed by atoms with Gasteiger partial charge in [0, 0.05) is 12.6 Å². The van der Waals surface area contributed by atoms with Crippen molar-refractivity contribution in [2.75, 3.05) is 20.3 Å². The third-order valence-electron chi connectivity index (χ3n) is 3.88. The summed E-state index contributed by atoms with van der Waals surface area (Å²) in [6.07, 6.45) is 0.918. The van der Waals surface area contributed by atoms with Crippen molar-refractivity contribution in [3.63, 3.8) is 0 Å². The predicted octanol–water partition coefficient (Wildman–Crippen LogP) is 2.43. The average molecular weight is 285 g/mol. The van der Waals surface area contributed by atoms with E-state index >= 15 is 0 Å². The van der Waals surface area contributed by atoms with Gasteiger partial charge < -0.3 is 9.47 Å². The third-order valence-corrected chi connectivity index (χ3v) is 3.88. The summed E-state index contributed by atoms with van der Waals surface area (Å²) in [6, 6.07) is 13.9. The van der Waals surface area contributed by atoms with Crippen molar-refractivity contribution in [3.8, 4) is 0 Å². The second kappa shape index (κ2) is 6.24. The molecule has 0 unspecified atom stereocenters. The molecule has 1 N–H and O–H groups in total. The van der Waals surface area contributed by atoms with Gasteiger partial charge in [-0.1, -0.05) is 36.4 Å². The lowest BCUT2D eigenvalue weighted by atomic mass is 10.0. The fourth-order valence-corrected chi connectivity index (χ4v) is 2.71. The molecule has 0 bridgehead atoms. The molecule has 2 atom stereocenters. The van der Waals surface area contributed by atoms with E-state index in [0.29, 0.717) is 6.61 Å². The topological polar surface area (TPSA) is 47.6 Å². The number of esters is 1. The minimum Gasteiger partial charge on any atom is -0.468 e. The Morgan fingerprint density at radius 3 is 2.81 bits per heavy atom. The number of rotatable bonds is 4. The Hall–Kier alpha value is -1.91. The summed E-state index contributed by atoms with van der Waals surface area (Å²) in [5.41, 5.74) is 0.924. The number of benzene rings is 2. The van der Waals surface area contributed by atoms with Crippen LogP contribution in [0.1, 0.15) is 18.0 Å². The smallest absolute Gasteiger partial charge is 0.327 e. The molecular formula is C17H19NO3. The van der Waals surface area contributed by atoms with Gasteiger partial charge in [0.15, 0.2) is 0 Å². The van der Waals surface area contributed by atoms with Crippen LogP contribution in [-0.4, -0.2) is 32.3 Å². The van der Waals surface area contributed by atoms with Gasteiger partial charge >= 0.3 is 5.97 Å². The summed E-state index contributed by atoms with van der Waals surface area (Å²) < 4.78 is 10.3. The number of carbonyl (C=O) groups excluding carboxylic acids is 1. The molecule has 1 heterocycles. The second-order valence-corrected chi connectivity index (χ2v) is 5.29. The van der Waals surface area contributed by atoms with Crippen LogP contribution in [0.4, 0.5) is 0 Å². The molecule has 21 heavy (non-hydrogen) atoms. The van der Waals surface area contributed by atoms with E-state index in [4.69, 9.17) is 9.47 Å². The summed E-state index contributed by atoms with van der Waals surface area (Å²) in [7, 11) is 1.42. The van der Waals surface area contributed by atoms with Gasteiger partial charge in [-0.05, 0) is 28.8 Å². The molecule has 2 aromatic carbocycles. The number of hydrogen-bond donors (Lipinski definition) is 1. The molecule has 0 aliphatic carbocycles. The molecule has 1 aliphatic heterocycles. The summed E-state index contributed by atoms with van der Waals surface area (Å²) in [4.78, 5) is 12.1. The third kappa shape index (κ3) is 3.06. The van der Waals surface area contributed by atoms with Crippen molar-refractivity contribution in [2.24, 2.45) is 0 Å². The Morgan fingerprint density at radius 2 is 2.10 bits per heavy atom. The molecule has 3 rings (SSSR count). The molecule has 4 heteroatoms. The van der Waals surface area contributed by atoms with E-state index in [0.717, 1.165) is 29.4 Å². The zero-order valence-electron chi connectivity index (χ0n) is 12.0. The first-order chi connectivity index (χ1) is 10.3. The minimum atomic E-state index is -0.452. The highest BCUT2D eigenvalue weighted by molar-refractivity contribution is 5.85. The molecule has 0 radical (unpaired) electrons. The number of ether oxygens (including phenoxy) is 2. The Morgan fingerprint density at radius 1 is 1.29 bits per heavy atom. The SMILES string of the molecule is COC(=O)[C@@H](N[C@H]1CCOC1)c1ccc2ccccc2c1. The summed E-state index contributed by atoms with van der Waals surface area (Å²) in [5.74, 6) is -0.266. The van der Waals surface area contributed by atoms with E-state index in [1.54, 1.807) is 0 Å². The first kappa shape index (κ1) is 14.0. The molecule has 1 fully saturated rings. The minimum absolute atomic E-state index is 0.195. The monoisotopic (exact) mass is 285 g/mol. The van der Waals surface area contributed by atoms with Crippen molar-refractivity contribution in [1.29, 1.82) is 0 Å². The van der Waals surface area contributed by atoms with Crippen LogP contribution in [0.25, 0.3) is 10.8 Å². The van der Waals surface area contributed by atoms with Crippen LogP contribution in [0.15, 0.2) is 42.5 Å². The summed E-state index contributed by atoms with van der Waals surface area (Å²) in [6.45, 7) is 1.38. The van der Waals surface area contributed by atoms with Crippen molar-refractivity contribution < 1.29 is 14.3 Å². The average Bonchev–Trinajstić information content (AvgIpc) is 3.04. The van der Waals surface area contributed by atoms with Gasteiger partial charge in [0.05, 0.1) is 13.7 Å². The molecule has 1 aliphatic rings. The van der Waals surface area contributed by atoms with Crippen LogP contribution in [0.2, 0.25) is 0 Å². The molecule has 1 saturated heterocycles. The van der Waals surface area contributed by atoms with Gasteiger partial charge in [0.1, 0.15) is 6.04 Å². The molecular weight excluding hydrogens is 266 g/mol. The van der Waals surface area contributed by atoms with Crippen molar-refractivity contribution in [3.05, 3.63) is 48.0 Å². The number of fused-ring (bicyclic) bond motifs is 1. The summed E-state index contributed by atoms with van der Waals surface area (Å²) >= 11 is 0. The Balaban J connectivity index is 1.90. The highest BCUT2D eigenvalue weighted by Gasteiger charge is 2.26. The van der Waals surface area contributed by atoms with Crippen molar-refractivity contribution in [2.45, 2.75) is 18.5 Å². The van der Waals surface area contributed by atoms with Gasteiger partial charge in [-0.25, -0.2) is 4.79 Å². The highest BCUT2D eigenvalue weighted by Crippen LogP contribution is 2.22. The fraction of sp³-hybridized carbons (Fsp3) is 0.353. The molecule has 0 saturated carbocycles. The van der Waals surface area contributed by atoms with Crippen molar-refractivity contribution in [1.82, 2.24) is 5.32 Å². The largest absolute Gasteiger partial charge is 0.468 e. The molecule has 0 amide bonds. The quantitative estimate of drug-likeness (QED) is 0.877. The maximum Gasteiger partial charge on any atom is 0.327 e. The van der Waals surface area contributed by atoms with E-state index < -0.39 is 6.04 Å². The number of methoxy groups -OCH3 is 1. The number of hydrogen-bond acceptors (Lipinski definition) is 4. The van der Waals surface area contributed by atoms with E-state index in [1.807, 2.05) is 36.4 Å². The van der Waals surface area contributed by atoms with E-state index in [9.17, 15) is 4.79 Å². The van der Waals surface area contributed by atoms with Gasteiger partial charge in [-0.15, -0.1) is 0 Å². The first-order valence-electron chi connectivity index (χ1n) is 7.18. The second-order valence-electron chi connectivity index (χ2n) is 5.29. The molecule has 4 nitrogen and oxygen atoms in total. The maximum absolute atomic E-state index is 12.1. The van der Waals surface area contributed by atoms with Crippen LogP contribution < -0.4 is 5.32 Å². The standard InChI is InChI=1S/C17H19NO3/c1-20-17(19)16(18-15-8-9-21-11-15)14-7-6-12-4-2-3-5-13(12)10-14/h2-7,10,15-16,18H,8-9,11H2,1H3/t15-,16-/m0/s1. The molecule has 0 spiro atoms. The highest BCUT2D eigenvalue weighted by atomic mass is 16.5. The number of nitrogens with one attached hydrogen (secondary N) is 1. The zero-order chi connectivity index (χ0) is 14.7. The lowest BCUT2D eigenvalue weighted by Gasteiger charge is -2.21. The van der Waals surface area contributed by atoms with E-state index in [2.05, 4.69) is 11.4 Å². The van der Waals surface area contributed by atoms with Crippen LogP contribution in [-0.2, 0) is 14.3 Å². The number of carbonyl (C=O) groups is 1. The van der Waals surface area contributed by atoms with E-state index in [1.165, 1.54) is 7.11 Å². The molecule has 0 aromatic heterocycles. The Labute approximate surface area is 124 Å². The van der Waals surface area contributed by atoms with Crippen molar-refractivity contribution >= 4 is 16.7 Å². The summed E-state index contributed by atoms with van der Waals surface area (Å²) in [5, 5.41) is 5.63. The maximum atomic E-state index is 12.1. The normalized spacial score (nSPS) is 19.6. The molecule has 110 valence electrons. The predicted molar refractivity (Wildman–Crippen MR) is 81.1 cm³/mol. The van der Waals surface area contributed by atoms with Crippen LogP contribution in [0.5, 0.6) is 0 Å². The van der Waals surface area contributed by atoms with Crippen LogP contribution in [0.3, 0.4) is 0 Å². The van der Waals surface area contributed by atoms with Gasteiger partial charge in [-0.3, -0.25) is 5.32 Å². The van der Waals surface area contributed by atoms with Crippen LogP contribution >= 0.6 is 0 Å². The molecule has 2 aromatic rings. The van der Waals surface area contributed by atoms with Crippen LogP contribution in [0, 0.1) is 0 Å². The Kier molecular flexibility index (Phi) is 4.18. The lowest BCUT2D eigenvalue weighted by Crippen LogP contribution is -2.38. The fourth-order valence-electron chi connectivity index (χ4n) is 2.71. The first-order valence-corrected chi connectivity index (χ1v) is 7.18.